The molecule has 0 N–H and O–H groups in total. The van der Waals surface area contributed by atoms with Crippen LogP contribution in [0.25, 0.3) is 21.7 Å². The van der Waals surface area contributed by atoms with Crippen molar-refractivity contribution in [2.24, 2.45) is 0 Å². The van der Waals surface area contributed by atoms with E-state index in [4.69, 9.17) is 9.15 Å². The molecule has 0 fully saturated rings. The molecule has 0 radical (unpaired) electrons. The van der Waals surface area contributed by atoms with E-state index in [1.807, 2.05) is 30.3 Å². The fourth-order valence-corrected chi connectivity index (χ4v) is 3.89. The average molecular weight is 342 g/mol. The minimum Gasteiger partial charge on any atom is -0.488 e. The fourth-order valence-electron chi connectivity index (χ4n) is 3.89. The molecule has 1 aromatic heterocycles. The van der Waals surface area contributed by atoms with E-state index in [1.54, 1.807) is 6.07 Å². The van der Waals surface area contributed by atoms with Gasteiger partial charge in [-0.1, -0.05) is 36.4 Å². The van der Waals surface area contributed by atoms with E-state index in [0.29, 0.717) is 12.2 Å². The monoisotopic (exact) mass is 342 g/mol. The van der Waals surface area contributed by atoms with Gasteiger partial charge >= 0.3 is 5.63 Å². The van der Waals surface area contributed by atoms with Crippen LogP contribution < -0.4 is 10.4 Å². The van der Waals surface area contributed by atoms with Crippen LogP contribution in [0.1, 0.15) is 23.1 Å². The molecule has 3 aromatic carbocycles. The molecule has 3 heteroatoms. The summed E-state index contributed by atoms with van der Waals surface area (Å²) < 4.78 is 11.5. The Morgan fingerprint density at radius 2 is 1.69 bits per heavy atom. The smallest absolute Gasteiger partial charge is 0.336 e. The van der Waals surface area contributed by atoms with Crippen molar-refractivity contribution in [3.8, 4) is 5.75 Å². The van der Waals surface area contributed by atoms with Crippen LogP contribution in [0.5, 0.6) is 5.75 Å². The third-order valence-electron chi connectivity index (χ3n) is 5.18. The first kappa shape index (κ1) is 15.2. The molecule has 4 aromatic rings. The van der Waals surface area contributed by atoms with Crippen molar-refractivity contribution in [3.63, 3.8) is 0 Å². The quantitative estimate of drug-likeness (QED) is 0.491. The number of ether oxygens (including phenoxy) is 1. The Morgan fingerprint density at radius 1 is 0.885 bits per heavy atom. The van der Waals surface area contributed by atoms with E-state index in [0.717, 1.165) is 46.7 Å². The lowest BCUT2D eigenvalue weighted by atomic mass is 10.0. The van der Waals surface area contributed by atoms with Crippen molar-refractivity contribution < 1.29 is 9.15 Å². The number of aryl methyl sites for hydroxylation is 2. The summed E-state index contributed by atoms with van der Waals surface area (Å²) in [7, 11) is 0. The second-order valence-electron chi connectivity index (χ2n) is 6.83. The van der Waals surface area contributed by atoms with Crippen molar-refractivity contribution in [1.29, 1.82) is 0 Å². The van der Waals surface area contributed by atoms with E-state index in [2.05, 4.69) is 24.3 Å². The molecular weight excluding hydrogens is 324 g/mol. The van der Waals surface area contributed by atoms with Crippen LogP contribution in [-0.2, 0) is 19.4 Å². The van der Waals surface area contributed by atoms with Crippen molar-refractivity contribution in [1.82, 2.24) is 0 Å². The van der Waals surface area contributed by atoms with Gasteiger partial charge < -0.3 is 9.15 Å². The first-order chi connectivity index (χ1) is 12.8. The standard InChI is InChI=1S/C23H18O3/c24-23-13-18(20-11-16-7-3-8-17(16)12-22(20)26-23)14-25-21-10-4-6-15-5-1-2-9-19(15)21/h1-2,4-6,9-13H,3,7-8,14H2. The highest BCUT2D eigenvalue weighted by Crippen LogP contribution is 2.30. The molecule has 128 valence electrons. The largest absolute Gasteiger partial charge is 0.488 e. The average Bonchev–Trinajstić information content (AvgIpc) is 3.11. The van der Waals surface area contributed by atoms with Crippen LogP contribution in [0.15, 0.2) is 69.9 Å². The summed E-state index contributed by atoms with van der Waals surface area (Å²) in [5.74, 6) is 0.825. The predicted octanol–water partition coefficient (Wildman–Crippen LogP) is 5.01. The molecule has 0 bridgehead atoms. The van der Waals surface area contributed by atoms with Crippen LogP contribution in [0.3, 0.4) is 0 Å². The number of rotatable bonds is 3. The van der Waals surface area contributed by atoms with Gasteiger partial charge in [0.2, 0.25) is 0 Å². The summed E-state index contributed by atoms with van der Waals surface area (Å²) in [6.07, 6.45) is 3.32. The number of fused-ring (bicyclic) bond motifs is 3. The molecule has 3 nitrogen and oxygen atoms in total. The molecule has 5 rings (SSSR count). The third kappa shape index (κ3) is 2.57. The van der Waals surface area contributed by atoms with E-state index in [1.165, 1.54) is 11.1 Å². The van der Waals surface area contributed by atoms with Gasteiger partial charge in [-0.2, -0.15) is 0 Å². The highest BCUT2D eigenvalue weighted by atomic mass is 16.5. The number of benzene rings is 3. The topological polar surface area (TPSA) is 39.4 Å². The zero-order valence-electron chi connectivity index (χ0n) is 14.3. The SMILES string of the molecule is O=c1cc(COc2cccc3ccccc23)c2cc3c(cc2o1)CCC3. The molecule has 0 saturated heterocycles. The van der Waals surface area contributed by atoms with Gasteiger partial charge in [-0.05, 0) is 54.0 Å². The zero-order valence-corrected chi connectivity index (χ0v) is 14.3. The Balaban J connectivity index is 1.56. The molecule has 0 aliphatic heterocycles. The summed E-state index contributed by atoms with van der Waals surface area (Å²) in [6.45, 7) is 0.342. The normalized spacial score (nSPS) is 13.2. The van der Waals surface area contributed by atoms with Crippen molar-refractivity contribution in [3.05, 3.63) is 87.8 Å². The van der Waals surface area contributed by atoms with Crippen LogP contribution in [0.4, 0.5) is 0 Å². The maximum Gasteiger partial charge on any atom is 0.336 e. The second kappa shape index (κ2) is 6.03. The Hall–Kier alpha value is -3.07. The Kier molecular flexibility index (Phi) is 3.52. The first-order valence-corrected chi connectivity index (χ1v) is 8.97. The van der Waals surface area contributed by atoms with Crippen LogP contribution >= 0.6 is 0 Å². The van der Waals surface area contributed by atoms with E-state index in [9.17, 15) is 4.79 Å². The predicted molar refractivity (Wildman–Crippen MR) is 103 cm³/mol. The molecule has 1 aliphatic carbocycles. The highest BCUT2D eigenvalue weighted by Gasteiger charge is 2.15. The minimum absolute atomic E-state index is 0.327. The molecule has 1 aliphatic rings. The molecular formula is C23H18O3. The van der Waals surface area contributed by atoms with Crippen molar-refractivity contribution in [2.45, 2.75) is 25.9 Å². The molecule has 0 unspecified atom stereocenters. The Morgan fingerprint density at radius 3 is 2.62 bits per heavy atom. The summed E-state index contributed by atoms with van der Waals surface area (Å²) >= 11 is 0. The lowest BCUT2D eigenvalue weighted by Crippen LogP contribution is -2.05. The van der Waals surface area contributed by atoms with Crippen LogP contribution in [-0.4, -0.2) is 0 Å². The van der Waals surface area contributed by atoms with Gasteiger partial charge in [-0.15, -0.1) is 0 Å². The van der Waals surface area contributed by atoms with Crippen LogP contribution in [0.2, 0.25) is 0 Å². The van der Waals surface area contributed by atoms with E-state index < -0.39 is 0 Å². The lowest BCUT2D eigenvalue weighted by Gasteiger charge is -2.11. The summed E-state index contributed by atoms with van der Waals surface area (Å²) in [5.41, 5.74) is 3.87. The Labute approximate surface area is 150 Å². The third-order valence-corrected chi connectivity index (χ3v) is 5.18. The fraction of sp³-hybridized carbons (Fsp3) is 0.174. The first-order valence-electron chi connectivity index (χ1n) is 8.97. The van der Waals surface area contributed by atoms with Crippen molar-refractivity contribution >= 4 is 21.7 Å². The van der Waals surface area contributed by atoms with Gasteiger partial charge in [-0.3, -0.25) is 0 Å². The number of hydrogen-bond acceptors (Lipinski definition) is 3. The maximum absolute atomic E-state index is 12.0. The van der Waals surface area contributed by atoms with Gasteiger partial charge in [0.05, 0.1) is 0 Å². The van der Waals surface area contributed by atoms with Gasteiger partial charge in [0, 0.05) is 22.4 Å². The maximum atomic E-state index is 12.0. The molecule has 0 saturated carbocycles. The van der Waals surface area contributed by atoms with E-state index >= 15 is 0 Å². The minimum atomic E-state index is -0.327. The van der Waals surface area contributed by atoms with Gasteiger partial charge in [0.1, 0.15) is 17.9 Å². The van der Waals surface area contributed by atoms with E-state index in [-0.39, 0.29) is 5.63 Å². The zero-order chi connectivity index (χ0) is 17.5. The summed E-state index contributed by atoms with van der Waals surface area (Å²) in [6, 6.07) is 19.9. The molecule has 1 heterocycles. The lowest BCUT2D eigenvalue weighted by molar-refractivity contribution is 0.310. The van der Waals surface area contributed by atoms with Crippen molar-refractivity contribution in [2.75, 3.05) is 0 Å². The van der Waals surface area contributed by atoms with Gasteiger partial charge in [0.15, 0.2) is 0 Å². The van der Waals surface area contributed by atoms with Gasteiger partial charge in [0.25, 0.3) is 0 Å². The van der Waals surface area contributed by atoms with Gasteiger partial charge in [-0.25, -0.2) is 4.79 Å². The summed E-state index contributed by atoms with van der Waals surface area (Å²) in [5, 5.41) is 3.19. The number of hydrogen-bond donors (Lipinski definition) is 0. The molecule has 26 heavy (non-hydrogen) atoms. The molecule has 0 amide bonds. The summed E-state index contributed by atoms with van der Waals surface area (Å²) in [4.78, 5) is 12.0. The van der Waals surface area contributed by atoms with Crippen LogP contribution in [0, 0.1) is 0 Å². The Bertz CT molecular complexity index is 1180. The second-order valence-corrected chi connectivity index (χ2v) is 6.83. The highest BCUT2D eigenvalue weighted by molar-refractivity contribution is 5.88. The molecule has 0 spiro atoms. The molecule has 0 atom stereocenters.